The Morgan fingerprint density at radius 3 is 2.46 bits per heavy atom. The van der Waals surface area contributed by atoms with Crippen molar-refractivity contribution in [2.24, 2.45) is 0 Å². The lowest BCUT2D eigenvalue weighted by atomic mass is 9.86. The zero-order valence-corrected chi connectivity index (χ0v) is 23.9. The highest BCUT2D eigenvalue weighted by Gasteiger charge is 2.39. The summed E-state index contributed by atoms with van der Waals surface area (Å²) in [6.45, 7) is 1.17. The van der Waals surface area contributed by atoms with Gasteiger partial charge >= 0.3 is 12.1 Å². The van der Waals surface area contributed by atoms with Crippen molar-refractivity contribution in [3.05, 3.63) is 92.5 Å². The topological polar surface area (TPSA) is 59.0 Å². The van der Waals surface area contributed by atoms with Crippen LogP contribution >= 0.6 is 23.2 Å². The molecule has 3 aromatic rings. The lowest BCUT2D eigenvalue weighted by Gasteiger charge is -2.35. The van der Waals surface area contributed by atoms with Gasteiger partial charge in [0.2, 0.25) is 0 Å². The Morgan fingerprint density at radius 1 is 1.05 bits per heavy atom. The largest absolute Gasteiger partial charge is 0.493 e. The number of halogens is 5. The molecule has 0 aliphatic carbocycles. The molecule has 1 N–H and O–H groups in total. The number of hydrogen-bond donors (Lipinski definition) is 1. The van der Waals surface area contributed by atoms with Crippen LogP contribution in [-0.4, -0.2) is 41.3 Å². The van der Waals surface area contributed by atoms with E-state index in [4.69, 9.17) is 32.7 Å². The first-order valence-corrected chi connectivity index (χ1v) is 14.3. The van der Waals surface area contributed by atoms with E-state index in [1.54, 1.807) is 6.07 Å². The molecular weight excluding hydrogens is 578 g/mol. The third-order valence-corrected chi connectivity index (χ3v) is 8.52. The van der Waals surface area contributed by atoms with Crippen LogP contribution in [0.4, 0.5) is 13.2 Å². The first-order valence-electron chi connectivity index (χ1n) is 13.5. The number of fused-ring (bicyclic) bond motifs is 2. The Hall–Kier alpha value is -2.94. The molecule has 2 heterocycles. The van der Waals surface area contributed by atoms with Crippen LogP contribution in [0.1, 0.15) is 59.6 Å². The Kier molecular flexibility index (Phi) is 8.73. The van der Waals surface area contributed by atoms with Crippen molar-refractivity contribution in [3.8, 4) is 11.5 Å². The zero-order chi connectivity index (χ0) is 29.3. The molecule has 0 saturated carbocycles. The summed E-state index contributed by atoms with van der Waals surface area (Å²) >= 11 is 12.3. The molecule has 10 heteroatoms. The Bertz CT molecular complexity index is 1410. The van der Waals surface area contributed by atoms with E-state index >= 15 is 0 Å². The van der Waals surface area contributed by atoms with Crippen LogP contribution < -0.4 is 9.47 Å². The molecule has 3 aromatic carbocycles. The Balaban J connectivity index is 1.32. The standard InChI is InChI=1S/C31H30Cl2F3NO4/c1-2-28(20-5-8-25(32)26(33)13-20)41-24-6-3-18(4-7-24)19-9-10-40-29-15-21-14-27(30(38)39)37(17-31(34,35)36)16-23(21)12-22(29)11-19/h3-8,12-13,15,19,27-28H,2,9-11,14,16-17H2,1H3,(H,38,39)/t19-,27+,28-/m1/s1. The number of carboxylic acids is 1. The van der Waals surface area contributed by atoms with Gasteiger partial charge in [0.15, 0.2) is 0 Å². The number of hydrogen-bond acceptors (Lipinski definition) is 4. The molecule has 0 aromatic heterocycles. The van der Waals surface area contributed by atoms with Gasteiger partial charge in [-0.3, -0.25) is 9.69 Å². The van der Waals surface area contributed by atoms with Crippen molar-refractivity contribution in [2.75, 3.05) is 13.2 Å². The molecule has 5 rings (SSSR count). The zero-order valence-electron chi connectivity index (χ0n) is 22.4. The van der Waals surface area contributed by atoms with Crippen LogP contribution in [0.5, 0.6) is 11.5 Å². The van der Waals surface area contributed by atoms with Gasteiger partial charge in [0.25, 0.3) is 0 Å². The lowest BCUT2D eigenvalue weighted by Crippen LogP contribution is -2.49. The minimum atomic E-state index is -4.49. The monoisotopic (exact) mass is 607 g/mol. The first-order chi connectivity index (χ1) is 19.5. The maximum Gasteiger partial charge on any atom is 0.401 e. The van der Waals surface area contributed by atoms with Crippen LogP contribution in [0.15, 0.2) is 54.6 Å². The normalized spacial score (nSPS) is 19.9. The number of ether oxygens (including phenoxy) is 2. The number of carboxylic acid groups (broad SMARTS) is 1. The molecule has 5 nitrogen and oxygen atoms in total. The smallest absolute Gasteiger partial charge is 0.401 e. The highest BCUT2D eigenvalue weighted by atomic mass is 35.5. The van der Waals surface area contributed by atoms with Crippen molar-refractivity contribution in [1.29, 1.82) is 0 Å². The van der Waals surface area contributed by atoms with E-state index in [0.717, 1.165) is 45.7 Å². The predicted molar refractivity (Wildman–Crippen MR) is 151 cm³/mol. The average Bonchev–Trinajstić information content (AvgIpc) is 3.13. The number of nitrogens with zero attached hydrogens (tertiary/aromatic N) is 1. The minimum Gasteiger partial charge on any atom is -0.493 e. The van der Waals surface area contributed by atoms with E-state index in [1.807, 2.05) is 55.5 Å². The van der Waals surface area contributed by atoms with Crippen LogP contribution in [0, 0.1) is 0 Å². The molecule has 41 heavy (non-hydrogen) atoms. The highest BCUT2D eigenvalue weighted by molar-refractivity contribution is 6.42. The summed E-state index contributed by atoms with van der Waals surface area (Å²) in [5, 5.41) is 10.5. The number of carbonyl (C=O) groups is 1. The third kappa shape index (κ3) is 6.93. The maximum atomic E-state index is 13.2. The Labute approximate surface area is 246 Å². The molecule has 3 atom stereocenters. The fourth-order valence-electron chi connectivity index (χ4n) is 5.70. The second kappa shape index (κ2) is 12.1. The van der Waals surface area contributed by atoms with Gasteiger partial charge in [0.1, 0.15) is 23.6 Å². The van der Waals surface area contributed by atoms with E-state index in [0.29, 0.717) is 34.4 Å². The summed E-state index contributed by atoms with van der Waals surface area (Å²) in [7, 11) is 0. The molecule has 0 fully saturated rings. The summed E-state index contributed by atoms with van der Waals surface area (Å²) in [6.07, 6.45) is -2.50. The Morgan fingerprint density at radius 2 is 1.80 bits per heavy atom. The molecule has 0 unspecified atom stereocenters. The van der Waals surface area contributed by atoms with E-state index in [-0.39, 0.29) is 25.0 Å². The van der Waals surface area contributed by atoms with Crippen LogP contribution in [0.3, 0.4) is 0 Å². The SMILES string of the molecule is CC[C@@H](Oc1ccc([C@@H]2CCOc3cc4c(cc3C2)CN(CC(F)(F)F)[C@H](C(=O)O)C4)cc1)c1ccc(Cl)c(Cl)c1. The highest BCUT2D eigenvalue weighted by Crippen LogP contribution is 2.38. The van der Waals surface area contributed by atoms with Gasteiger partial charge in [-0.25, -0.2) is 0 Å². The molecule has 0 amide bonds. The molecular formula is C31H30Cl2F3NO4. The van der Waals surface area contributed by atoms with Gasteiger partial charge in [-0.1, -0.05) is 54.4 Å². The van der Waals surface area contributed by atoms with Gasteiger partial charge in [0.05, 0.1) is 23.2 Å². The maximum absolute atomic E-state index is 13.2. The minimum absolute atomic E-state index is 0.00323. The first kappa shape index (κ1) is 29.5. The van der Waals surface area contributed by atoms with Gasteiger partial charge in [0, 0.05) is 6.54 Å². The van der Waals surface area contributed by atoms with Crippen molar-refractivity contribution in [1.82, 2.24) is 4.90 Å². The number of aliphatic carboxylic acids is 1. The summed E-state index contributed by atoms with van der Waals surface area (Å²) < 4.78 is 51.8. The van der Waals surface area contributed by atoms with E-state index < -0.39 is 24.7 Å². The van der Waals surface area contributed by atoms with Crippen molar-refractivity contribution < 1.29 is 32.5 Å². The summed E-state index contributed by atoms with van der Waals surface area (Å²) in [6, 6.07) is 15.9. The van der Waals surface area contributed by atoms with Crippen molar-refractivity contribution in [2.45, 2.75) is 63.4 Å². The van der Waals surface area contributed by atoms with Gasteiger partial charge in [-0.05, 0) is 89.8 Å². The average molecular weight is 608 g/mol. The summed E-state index contributed by atoms with van der Waals surface area (Å²) in [5.41, 5.74) is 4.40. The van der Waals surface area contributed by atoms with Crippen molar-refractivity contribution >= 4 is 29.2 Å². The molecule has 218 valence electrons. The molecule has 0 bridgehead atoms. The molecule has 0 radical (unpaired) electrons. The molecule has 2 aliphatic heterocycles. The number of rotatable bonds is 7. The van der Waals surface area contributed by atoms with E-state index in [1.165, 1.54) is 0 Å². The van der Waals surface area contributed by atoms with Crippen molar-refractivity contribution in [3.63, 3.8) is 0 Å². The fourth-order valence-corrected chi connectivity index (χ4v) is 6.01. The third-order valence-electron chi connectivity index (χ3n) is 7.78. The molecule has 0 spiro atoms. The van der Waals surface area contributed by atoms with Gasteiger partial charge in [-0.2, -0.15) is 13.2 Å². The second-order valence-corrected chi connectivity index (χ2v) is 11.4. The van der Waals surface area contributed by atoms with Crippen LogP contribution in [0.2, 0.25) is 10.0 Å². The fraction of sp³-hybridized carbons (Fsp3) is 0.387. The number of benzene rings is 3. The van der Waals surface area contributed by atoms with Crippen LogP contribution in [-0.2, 0) is 24.2 Å². The quantitative estimate of drug-likeness (QED) is 0.295. The lowest BCUT2D eigenvalue weighted by molar-refractivity contribution is -0.163. The predicted octanol–water partition coefficient (Wildman–Crippen LogP) is 8.01. The van der Waals surface area contributed by atoms with E-state index in [2.05, 4.69) is 0 Å². The van der Waals surface area contributed by atoms with Crippen LogP contribution in [0.25, 0.3) is 0 Å². The summed E-state index contributed by atoms with van der Waals surface area (Å²) in [5.74, 6) is 0.281. The summed E-state index contributed by atoms with van der Waals surface area (Å²) in [4.78, 5) is 12.7. The second-order valence-electron chi connectivity index (χ2n) is 10.6. The van der Waals surface area contributed by atoms with Gasteiger partial charge in [-0.15, -0.1) is 0 Å². The number of alkyl halides is 3. The van der Waals surface area contributed by atoms with E-state index in [9.17, 15) is 23.1 Å². The molecule has 0 saturated heterocycles. The van der Waals surface area contributed by atoms with Gasteiger partial charge < -0.3 is 14.6 Å². The molecule has 2 aliphatic rings.